The summed E-state index contributed by atoms with van der Waals surface area (Å²) in [6.45, 7) is 11.3. The Balaban J connectivity index is 1.57. The molecule has 1 N–H and O–H groups in total. The fourth-order valence-corrected chi connectivity index (χ4v) is 3.55. The number of piperazine rings is 1. The van der Waals surface area contributed by atoms with Crippen LogP contribution >= 0.6 is 0 Å². The molecule has 0 spiro atoms. The predicted molar refractivity (Wildman–Crippen MR) is 117 cm³/mol. The van der Waals surface area contributed by atoms with E-state index in [1.165, 1.54) is 11.1 Å². The van der Waals surface area contributed by atoms with Crippen molar-refractivity contribution >= 4 is 17.5 Å². The van der Waals surface area contributed by atoms with Gasteiger partial charge in [0.05, 0.1) is 0 Å². The van der Waals surface area contributed by atoms with Crippen LogP contribution in [0.25, 0.3) is 0 Å². The van der Waals surface area contributed by atoms with Crippen molar-refractivity contribution in [3.05, 3.63) is 65.2 Å². The minimum atomic E-state index is -1.11. The normalized spacial score (nSPS) is 15.2. The van der Waals surface area contributed by atoms with Crippen LogP contribution in [0.4, 0.5) is 5.69 Å². The Kier molecular flexibility index (Phi) is 6.38. The molecule has 5 heteroatoms. The van der Waals surface area contributed by atoms with Gasteiger partial charge in [-0.25, -0.2) is 0 Å². The maximum atomic E-state index is 13.1. The molecule has 1 aliphatic rings. The van der Waals surface area contributed by atoms with Crippen molar-refractivity contribution < 1.29 is 9.59 Å². The van der Waals surface area contributed by atoms with Crippen molar-refractivity contribution in [2.75, 3.05) is 31.5 Å². The zero-order chi connectivity index (χ0) is 21.0. The first kappa shape index (κ1) is 21.1. The zero-order valence-corrected chi connectivity index (χ0v) is 17.9. The minimum absolute atomic E-state index is 0.113. The molecule has 154 valence electrons. The van der Waals surface area contributed by atoms with Crippen molar-refractivity contribution in [1.29, 1.82) is 0 Å². The Morgan fingerprint density at radius 2 is 1.59 bits per heavy atom. The lowest BCUT2D eigenvalue weighted by atomic mass is 9.89. The van der Waals surface area contributed by atoms with Crippen LogP contribution in [0.3, 0.4) is 0 Å². The Labute approximate surface area is 173 Å². The number of carbonyl (C=O) groups excluding carboxylic acids is 2. The van der Waals surface area contributed by atoms with Gasteiger partial charge in [0.25, 0.3) is 0 Å². The number of benzene rings is 2. The molecular formula is C24H31N3O2. The monoisotopic (exact) mass is 393 g/mol. The Hall–Kier alpha value is -2.66. The lowest BCUT2D eigenvalue weighted by Gasteiger charge is -2.38. The fraction of sp³-hybridized carbons (Fsp3) is 0.417. The van der Waals surface area contributed by atoms with E-state index in [2.05, 4.69) is 22.3 Å². The summed E-state index contributed by atoms with van der Waals surface area (Å²) >= 11 is 0. The first-order valence-corrected chi connectivity index (χ1v) is 10.2. The Bertz CT molecular complexity index is 869. The highest BCUT2D eigenvalue weighted by Crippen LogP contribution is 2.24. The molecule has 0 bridgehead atoms. The summed E-state index contributed by atoms with van der Waals surface area (Å²) in [5.41, 5.74) is 3.18. The number of aryl methyl sites for hydroxylation is 2. The van der Waals surface area contributed by atoms with Gasteiger partial charge in [-0.1, -0.05) is 36.4 Å². The van der Waals surface area contributed by atoms with E-state index in [0.29, 0.717) is 13.1 Å². The smallest absolute Gasteiger partial charge is 0.239 e. The summed E-state index contributed by atoms with van der Waals surface area (Å²) in [5.74, 6) is -0.379. The second-order valence-corrected chi connectivity index (χ2v) is 8.43. The van der Waals surface area contributed by atoms with E-state index in [4.69, 9.17) is 0 Å². The van der Waals surface area contributed by atoms with Gasteiger partial charge in [-0.2, -0.15) is 0 Å². The molecule has 1 fully saturated rings. The van der Waals surface area contributed by atoms with Gasteiger partial charge >= 0.3 is 0 Å². The van der Waals surface area contributed by atoms with Crippen LogP contribution in [0.15, 0.2) is 48.5 Å². The molecular weight excluding hydrogens is 362 g/mol. The van der Waals surface area contributed by atoms with Crippen LogP contribution in [0.1, 0.15) is 30.5 Å². The van der Waals surface area contributed by atoms with Gasteiger partial charge in [-0.05, 0) is 56.5 Å². The van der Waals surface area contributed by atoms with Crippen molar-refractivity contribution in [3.63, 3.8) is 0 Å². The summed E-state index contributed by atoms with van der Waals surface area (Å²) in [6, 6.07) is 16.2. The van der Waals surface area contributed by atoms with Gasteiger partial charge in [0.1, 0.15) is 5.41 Å². The van der Waals surface area contributed by atoms with Crippen LogP contribution in [-0.4, -0.2) is 47.8 Å². The molecule has 29 heavy (non-hydrogen) atoms. The lowest BCUT2D eigenvalue weighted by Crippen LogP contribution is -2.54. The van der Waals surface area contributed by atoms with E-state index in [9.17, 15) is 9.59 Å². The first-order valence-electron chi connectivity index (χ1n) is 10.2. The third-order valence-electron chi connectivity index (χ3n) is 5.78. The number of nitrogens with zero attached hydrogens (tertiary/aromatic N) is 2. The number of anilines is 1. The van der Waals surface area contributed by atoms with Gasteiger partial charge in [0.2, 0.25) is 11.8 Å². The average Bonchev–Trinajstić information content (AvgIpc) is 2.71. The van der Waals surface area contributed by atoms with Crippen molar-refractivity contribution in [2.24, 2.45) is 5.41 Å². The number of amides is 2. The van der Waals surface area contributed by atoms with Gasteiger partial charge < -0.3 is 10.2 Å². The van der Waals surface area contributed by atoms with Crippen molar-refractivity contribution in [1.82, 2.24) is 9.80 Å². The van der Waals surface area contributed by atoms with Gasteiger partial charge in [0.15, 0.2) is 0 Å². The fourth-order valence-electron chi connectivity index (χ4n) is 3.55. The van der Waals surface area contributed by atoms with E-state index in [1.807, 2.05) is 55.1 Å². The second kappa shape index (κ2) is 8.78. The van der Waals surface area contributed by atoms with E-state index >= 15 is 0 Å². The molecule has 2 aromatic rings. The quantitative estimate of drug-likeness (QED) is 0.790. The molecule has 2 aromatic carbocycles. The summed E-state index contributed by atoms with van der Waals surface area (Å²) in [4.78, 5) is 30.1. The molecule has 5 nitrogen and oxygen atoms in total. The van der Waals surface area contributed by atoms with E-state index in [1.54, 1.807) is 13.8 Å². The predicted octanol–water partition coefficient (Wildman–Crippen LogP) is 3.61. The molecule has 3 rings (SSSR count). The van der Waals surface area contributed by atoms with E-state index in [-0.39, 0.29) is 11.8 Å². The molecule has 0 saturated carbocycles. The molecule has 1 heterocycles. The van der Waals surface area contributed by atoms with Gasteiger partial charge in [-0.15, -0.1) is 0 Å². The van der Waals surface area contributed by atoms with E-state index in [0.717, 1.165) is 30.9 Å². The second-order valence-electron chi connectivity index (χ2n) is 8.43. The molecule has 1 saturated heterocycles. The maximum Gasteiger partial charge on any atom is 0.239 e. The SMILES string of the molecule is Cc1ccc(NC(=O)C(C)(C)C(=O)N2CCN(Cc3ccccc3)CC2)cc1C. The van der Waals surface area contributed by atoms with Gasteiger partial charge in [-0.3, -0.25) is 14.5 Å². The number of hydrogen-bond acceptors (Lipinski definition) is 3. The molecule has 0 aromatic heterocycles. The molecule has 0 aliphatic carbocycles. The Morgan fingerprint density at radius 1 is 0.931 bits per heavy atom. The average molecular weight is 394 g/mol. The van der Waals surface area contributed by atoms with Gasteiger partial charge in [0, 0.05) is 38.4 Å². The molecule has 0 radical (unpaired) electrons. The first-order chi connectivity index (χ1) is 13.8. The summed E-state index contributed by atoms with van der Waals surface area (Å²) in [6.07, 6.45) is 0. The molecule has 0 atom stereocenters. The molecule has 0 unspecified atom stereocenters. The molecule has 1 aliphatic heterocycles. The van der Waals surface area contributed by atoms with Crippen molar-refractivity contribution in [3.8, 4) is 0 Å². The number of hydrogen-bond donors (Lipinski definition) is 1. The lowest BCUT2D eigenvalue weighted by molar-refractivity contribution is -0.147. The summed E-state index contributed by atoms with van der Waals surface area (Å²) < 4.78 is 0. The van der Waals surface area contributed by atoms with E-state index < -0.39 is 5.41 Å². The maximum absolute atomic E-state index is 13.1. The van der Waals surface area contributed by atoms with Crippen LogP contribution in [0.2, 0.25) is 0 Å². The van der Waals surface area contributed by atoms with Crippen LogP contribution in [-0.2, 0) is 16.1 Å². The summed E-state index contributed by atoms with van der Waals surface area (Å²) in [7, 11) is 0. The third kappa shape index (κ3) is 5.04. The highest BCUT2D eigenvalue weighted by atomic mass is 16.2. The highest BCUT2D eigenvalue weighted by molar-refractivity contribution is 6.09. The number of nitrogens with one attached hydrogen (secondary N) is 1. The molecule has 2 amide bonds. The van der Waals surface area contributed by atoms with Crippen LogP contribution in [0, 0.1) is 19.3 Å². The topological polar surface area (TPSA) is 52.7 Å². The largest absolute Gasteiger partial charge is 0.339 e. The zero-order valence-electron chi connectivity index (χ0n) is 17.9. The minimum Gasteiger partial charge on any atom is -0.339 e. The number of rotatable bonds is 5. The van der Waals surface area contributed by atoms with Crippen LogP contribution < -0.4 is 5.32 Å². The van der Waals surface area contributed by atoms with Crippen LogP contribution in [0.5, 0.6) is 0 Å². The summed E-state index contributed by atoms with van der Waals surface area (Å²) in [5, 5.41) is 2.91. The standard InChI is InChI=1S/C24H31N3O2/c1-18-10-11-21(16-19(18)2)25-22(28)24(3,4)23(29)27-14-12-26(13-15-27)17-20-8-6-5-7-9-20/h5-11,16H,12-15,17H2,1-4H3,(H,25,28). The third-order valence-corrected chi connectivity index (χ3v) is 5.78. The van der Waals surface area contributed by atoms with Crippen molar-refractivity contribution in [2.45, 2.75) is 34.2 Å². The number of carbonyl (C=O) groups is 2. The Morgan fingerprint density at radius 3 is 2.21 bits per heavy atom. The highest BCUT2D eigenvalue weighted by Gasteiger charge is 2.40.